The molecule has 1 fully saturated rings. The van der Waals surface area contributed by atoms with E-state index in [1.54, 1.807) is 6.92 Å². The van der Waals surface area contributed by atoms with E-state index in [9.17, 15) is 4.79 Å². The first-order chi connectivity index (χ1) is 13.6. The van der Waals surface area contributed by atoms with E-state index < -0.39 is 5.72 Å². The average Bonchev–Trinajstić information content (AvgIpc) is 3.15. The highest BCUT2D eigenvalue weighted by atomic mass is 35.5. The van der Waals surface area contributed by atoms with Gasteiger partial charge in [-0.2, -0.15) is 5.10 Å². The maximum atomic E-state index is 11.8. The van der Waals surface area contributed by atoms with Gasteiger partial charge in [-0.05, 0) is 12.1 Å². The van der Waals surface area contributed by atoms with Gasteiger partial charge in [0.05, 0.1) is 11.8 Å². The highest BCUT2D eigenvalue weighted by molar-refractivity contribution is 6.34. The number of halogens is 1. The number of ether oxygens (including phenoxy) is 1. The molecular formula is C22H22ClN3O2. The van der Waals surface area contributed by atoms with Gasteiger partial charge in [-0.1, -0.05) is 48.0 Å². The first-order valence-electron chi connectivity index (χ1n) is 9.73. The molecule has 1 atom stereocenters. The van der Waals surface area contributed by atoms with Crippen molar-refractivity contribution in [3.05, 3.63) is 64.7 Å². The molecule has 144 valence electrons. The summed E-state index contributed by atoms with van der Waals surface area (Å²) < 4.78 is 6.56. The molecule has 1 saturated heterocycles. The molecule has 5 rings (SSSR count). The summed E-state index contributed by atoms with van der Waals surface area (Å²) in [6.45, 7) is 2.98. The van der Waals surface area contributed by atoms with Crippen LogP contribution in [0.2, 0.25) is 5.02 Å². The van der Waals surface area contributed by atoms with Crippen LogP contribution in [0.5, 0.6) is 5.75 Å². The lowest BCUT2D eigenvalue weighted by Crippen LogP contribution is -2.59. The zero-order chi connectivity index (χ0) is 19.3. The smallest absolute Gasteiger partial charge is 0.219 e. The van der Waals surface area contributed by atoms with Gasteiger partial charge in [-0.15, -0.1) is 0 Å². The van der Waals surface area contributed by atoms with E-state index in [0.717, 1.165) is 46.9 Å². The van der Waals surface area contributed by atoms with Crippen molar-refractivity contribution in [2.45, 2.75) is 38.0 Å². The van der Waals surface area contributed by atoms with Gasteiger partial charge >= 0.3 is 0 Å². The number of hydrogen-bond donors (Lipinski definition) is 0. The third-order valence-electron chi connectivity index (χ3n) is 6.08. The number of fused-ring (bicyclic) bond motifs is 4. The number of para-hydroxylation sites is 1. The summed E-state index contributed by atoms with van der Waals surface area (Å²) in [4.78, 5) is 13.7. The van der Waals surface area contributed by atoms with Gasteiger partial charge in [-0.25, -0.2) is 5.01 Å². The van der Waals surface area contributed by atoms with Crippen LogP contribution in [-0.2, 0) is 4.79 Å². The summed E-state index contributed by atoms with van der Waals surface area (Å²) in [5, 5.41) is 7.89. The van der Waals surface area contributed by atoms with Crippen molar-refractivity contribution in [1.82, 2.24) is 9.91 Å². The van der Waals surface area contributed by atoms with E-state index >= 15 is 0 Å². The van der Waals surface area contributed by atoms with E-state index in [1.165, 1.54) is 0 Å². The number of likely N-dealkylation sites (tertiary alicyclic amines) is 1. The summed E-state index contributed by atoms with van der Waals surface area (Å²) in [6, 6.07) is 16.2. The Labute approximate surface area is 169 Å². The zero-order valence-electron chi connectivity index (χ0n) is 15.8. The summed E-state index contributed by atoms with van der Waals surface area (Å²) >= 11 is 6.46. The number of nitrogens with zero attached hydrogens (tertiary/aromatic N) is 3. The van der Waals surface area contributed by atoms with Crippen molar-refractivity contribution in [1.29, 1.82) is 0 Å². The Bertz CT molecular complexity index is 966. The van der Waals surface area contributed by atoms with E-state index in [2.05, 4.69) is 11.1 Å². The number of hydrazone groups is 1. The molecule has 0 N–H and O–H groups in total. The van der Waals surface area contributed by atoms with E-state index in [1.807, 2.05) is 47.4 Å². The highest BCUT2D eigenvalue weighted by Gasteiger charge is 2.52. The van der Waals surface area contributed by atoms with Crippen LogP contribution >= 0.6 is 11.6 Å². The van der Waals surface area contributed by atoms with Crippen LogP contribution < -0.4 is 4.74 Å². The molecule has 6 heteroatoms. The number of piperidine rings is 1. The molecule has 3 heterocycles. The fraction of sp³-hybridized carbons (Fsp3) is 0.364. The SMILES string of the molecule is CC(=O)N1CCC2(CC1)Oc1ccccc1[C@H]1CC(c3ccccc3Cl)=NN12. The van der Waals surface area contributed by atoms with Gasteiger partial charge < -0.3 is 9.64 Å². The molecule has 0 radical (unpaired) electrons. The van der Waals surface area contributed by atoms with Crippen molar-refractivity contribution in [3.8, 4) is 5.75 Å². The monoisotopic (exact) mass is 395 g/mol. The molecule has 3 aliphatic heterocycles. The van der Waals surface area contributed by atoms with Gasteiger partial charge in [0, 0.05) is 55.4 Å². The number of benzene rings is 2. The normalized spacial score (nSPS) is 22.4. The Morgan fingerprint density at radius 2 is 1.86 bits per heavy atom. The Hall–Kier alpha value is -2.53. The lowest BCUT2D eigenvalue weighted by atomic mass is 9.90. The number of carbonyl (C=O) groups is 1. The lowest BCUT2D eigenvalue weighted by Gasteiger charge is -2.51. The molecule has 0 aromatic heterocycles. The predicted octanol–water partition coefficient (Wildman–Crippen LogP) is 4.22. The summed E-state index contributed by atoms with van der Waals surface area (Å²) in [6.07, 6.45) is 2.26. The molecule has 0 bridgehead atoms. The van der Waals surface area contributed by atoms with Gasteiger partial charge in [0.15, 0.2) is 0 Å². The van der Waals surface area contributed by atoms with Gasteiger partial charge in [0.2, 0.25) is 11.6 Å². The zero-order valence-corrected chi connectivity index (χ0v) is 16.5. The third-order valence-corrected chi connectivity index (χ3v) is 6.41. The van der Waals surface area contributed by atoms with Crippen LogP contribution in [-0.4, -0.2) is 40.3 Å². The number of amides is 1. The molecular weight excluding hydrogens is 374 g/mol. The second-order valence-corrected chi connectivity index (χ2v) is 8.09. The molecule has 0 unspecified atom stereocenters. The minimum atomic E-state index is -0.520. The fourth-order valence-electron chi connectivity index (χ4n) is 4.59. The molecule has 2 aromatic carbocycles. The van der Waals surface area contributed by atoms with E-state index in [4.69, 9.17) is 21.4 Å². The number of rotatable bonds is 1. The molecule has 0 aliphatic carbocycles. The molecule has 3 aliphatic rings. The minimum Gasteiger partial charge on any atom is -0.466 e. The second kappa shape index (κ2) is 6.52. The Morgan fingerprint density at radius 3 is 2.61 bits per heavy atom. The second-order valence-electron chi connectivity index (χ2n) is 7.68. The first kappa shape index (κ1) is 17.6. The quantitative estimate of drug-likeness (QED) is 0.726. The average molecular weight is 396 g/mol. The largest absolute Gasteiger partial charge is 0.466 e. The maximum Gasteiger partial charge on any atom is 0.219 e. The fourth-order valence-corrected chi connectivity index (χ4v) is 4.83. The molecule has 1 spiro atoms. The molecule has 1 amide bonds. The van der Waals surface area contributed by atoms with Gasteiger partial charge in [0.25, 0.3) is 0 Å². The molecule has 28 heavy (non-hydrogen) atoms. The molecule has 0 saturated carbocycles. The van der Waals surface area contributed by atoms with Gasteiger partial charge in [0.1, 0.15) is 5.75 Å². The molecule has 2 aromatic rings. The Balaban J connectivity index is 1.56. The summed E-state index contributed by atoms with van der Waals surface area (Å²) in [5.41, 5.74) is 2.61. The van der Waals surface area contributed by atoms with E-state index in [0.29, 0.717) is 13.1 Å². The molecule has 5 nitrogen and oxygen atoms in total. The van der Waals surface area contributed by atoms with Crippen LogP contribution in [0.15, 0.2) is 53.6 Å². The minimum absolute atomic E-state index is 0.115. The van der Waals surface area contributed by atoms with Crippen molar-refractivity contribution in [3.63, 3.8) is 0 Å². The van der Waals surface area contributed by atoms with Crippen molar-refractivity contribution < 1.29 is 9.53 Å². The van der Waals surface area contributed by atoms with Crippen molar-refractivity contribution in [2.24, 2.45) is 5.10 Å². The first-order valence-corrected chi connectivity index (χ1v) is 10.1. The number of carbonyl (C=O) groups excluding carboxylic acids is 1. The van der Waals surface area contributed by atoms with E-state index in [-0.39, 0.29) is 11.9 Å². The van der Waals surface area contributed by atoms with Gasteiger partial charge in [-0.3, -0.25) is 4.79 Å². The highest BCUT2D eigenvalue weighted by Crippen LogP contribution is 2.50. The maximum absolute atomic E-state index is 11.8. The van der Waals surface area contributed by atoms with Crippen LogP contribution in [0.3, 0.4) is 0 Å². The van der Waals surface area contributed by atoms with Crippen LogP contribution in [0.25, 0.3) is 0 Å². The Morgan fingerprint density at radius 1 is 1.14 bits per heavy atom. The number of hydrogen-bond acceptors (Lipinski definition) is 4. The third kappa shape index (κ3) is 2.68. The summed E-state index contributed by atoms with van der Waals surface area (Å²) in [5.74, 6) is 1.04. The lowest BCUT2D eigenvalue weighted by molar-refractivity contribution is -0.158. The van der Waals surface area contributed by atoms with Crippen molar-refractivity contribution >= 4 is 23.2 Å². The standard InChI is InChI=1S/C22H22ClN3O2/c1-15(27)25-12-10-22(11-13-25)26-20(17-7-3-5-9-21(17)28-22)14-19(24-26)16-6-2-4-8-18(16)23/h2-9,20H,10-14H2,1H3/t20-/m1/s1. The van der Waals surface area contributed by atoms with Crippen LogP contribution in [0.1, 0.15) is 43.4 Å². The Kier molecular flexibility index (Phi) is 4.09. The topological polar surface area (TPSA) is 45.1 Å². The predicted molar refractivity (Wildman–Crippen MR) is 108 cm³/mol. The van der Waals surface area contributed by atoms with Crippen molar-refractivity contribution in [2.75, 3.05) is 13.1 Å². The van der Waals surface area contributed by atoms with Crippen LogP contribution in [0, 0.1) is 0 Å². The summed E-state index contributed by atoms with van der Waals surface area (Å²) in [7, 11) is 0. The van der Waals surface area contributed by atoms with Crippen LogP contribution in [0.4, 0.5) is 0 Å².